The molecule has 2 aromatic carbocycles. The van der Waals surface area contributed by atoms with Gasteiger partial charge in [0, 0.05) is 0 Å². The van der Waals surface area contributed by atoms with E-state index in [0.29, 0.717) is 11.5 Å². The second-order valence-electron chi connectivity index (χ2n) is 3.18. The van der Waals surface area contributed by atoms with Gasteiger partial charge in [-0.3, -0.25) is 0 Å². The first-order valence-corrected chi connectivity index (χ1v) is 6.26. The van der Waals surface area contributed by atoms with Crippen molar-refractivity contribution in [3.05, 3.63) is 60.7 Å². The minimum Gasteiger partial charge on any atom is -0.329 e. The van der Waals surface area contributed by atoms with Crippen LogP contribution in [-0.4, -0.2) is 4.89 Å². The molecule has 6 heteroatoms. The molecule has 0 unspecified atom stereocenters. The van der Waals surface area contributed by atoms with Crippen LogP contribution in [0, 0.1) is 0 Å². The Labute approximate surface area is 105 Å². The molecule has 0 saturated carbocycles. The Hall–Kier alpha value is -1.65. The van der Waals surface area contributed by atoms with E-state index in [1.54, 1.807) is 48.5 Å². The molecular formula is C12H11O5P. The minimum absolute atomic E-state index is 0.461. The molecular weight excluding hydrogens is 255 g/mol. The molecule has 2 rings (SSSR count). The smallest absolute Gasteiger partial charge is 0.329 e. The highest BCUT2D eigenvalue weighted by Gasteiger charge is 2.11. The van der Waals surface area contributed by atoms with E-state index in [1.807, 2.05) is 12.1 Å². The van der Waals surface area contributed by atoms with Crippen LogP contribution in [-0.2, 0) is 9.35 Å². The van der Waals surface area contributed by atoms with Gasteiger partial charge in [0.05, 0.1) is 0 Å². The van der Waals surface area contributed by atoms with Gasteiger partial charge >= 0.3 is 8.60 Å². The maximum atomic E-state index is 9.34. The summed E-state index contributed by atoms with van der Waals surface area (Å²) >= 11 is 0. The highest BCUT2D eigenvalue weighted by molar-refractivity contribution is 7.40. The van der Waals surface area contributed by atoms with Crippen molar-refractivity contribution in [2.75, 3.05) is 0 Å². The molecule has 0 spiro atoms. The first-order chi connectivity index (χ1) is 8.84. The van der Waals surface area contributed by atoms with Gasteiger partial charge in [-0.05, 0) is 24.3 Å². The molecule has 1 N–H and O–H groups in total. The zero-order valence-corrected chi connectivity index (χ0v) is 10.2. The van der Waals surface area contributed by atoms with E-state index in [4.69, 9.17) is 9.78 Å². The van der Waals surface area contributed by atoms with Crippen LogP contribution in [0.5, 0.6) is 11.5 Å². The summed E-state index contributed by atoms with van der Waals surface area (Å²) in [6.07, 6.45) is 0. The van der Waals surface area contributed by atoms with Crippen LogP contribution >= 0.6 is 8.60 Å². The average molecular weight is 266 g/mol. The van der Waals surface area contributed by atoms with Gasteiger partial charge in [-0.2, -0.15) is 0 Å². The Balaban J connectivity index is 1.71. The predicted molar refractivity (Wildman–Crippen MR) is 65.4 cm³/mol. The molecule has 5 nitrogen and oxygen atoms in total. The topological polar surface area (TPSA) is 57.2 Å². The Kier molecular flexibility index (Phi) is 4.93. The lowest BCUT2D eigenvalue weighted by Gasteiger charge is -2.09. The Morgan fingerprint density at radius 1 is 0.667 bits per heavy atom. The molecule has 0 aliphatic rings. The van der Waals surface area contributed by atoms with Gasteiger partial charge in [-0.25, -0.2) is 0 Å². The van der Waals surface area contributed by atoms with Crippen molar-refractivity contribution >= 4 is 8.60 Å². The van der Waals surface area contributed by atoms with Crippen molar-refractivity contribution in [3.63, 3.8) is 0 Å². The zero-order chi connectivity index (χ0) is 12.6. The van der Waals surface area contributed by atoms with Gasteiger partial charge in [0.25, 0.3) is 0 Å². The third-order valence-electron chi connectivity index (χ3n) is 1.88. The van der Waals surface area contributed by atoms with Gasteiger partial charge in [0.1, 0.15) is 0 Å². The Morgan fingerprint density at radius 3 is 1.44 bits per heavy atom. The fourth-order valence-electron chi connectivity index (χ4n) is 1.11. The Morgan fingerprint density at radius 2 is 1.06 bits per heavy atom. The van der Waals surface area contributed by atoms with E-state index in [1.165, 1.54) is 0 Å². The zero-order valence-electron chi connectivity index (χ0n) is 9.30. The maximum Gasteiger partial charge on any atom is 0.414 e. The van der Waals surface area contributed by atoms with E-state index in [9.17, 15) is 4.89 Å². The molecule has 0 aliphatic carbocycles. The normalized spacial score (nSPS) is 10.3. The molecule has 0 aromatic heterocycles. The molecule has 2 aromatic rings. The molecule has 0 atom stereocenters. The summed E-state index contributed by atoms with van der Waals surface area (Å²) in [5.41, 5.74) is 0. The highest BCUT2D eigenvalue weighted by atomic mass is 31.2. The van der Waals surface area contributed by atoms with Crippen molar-refractivity contribution in [1.29, 1.82) is 0 Å². The molecule has 0 aliphatic heterocycles. The van der Waals surface area contributed by atoms with Crippen molar-refractivity contribution < 1.29 is 24.0 Å². The van der Waals surface area contributed by atoms with Crippen LogP contribution < -0.4 is 9.78 Å². The molecule has 18 heavy (non-hydrogen) atoms. The van der Waals surface area contributed by atoms with E-state index >= 15 is 0 Å². The van der Waals surface area contributed by atoms with Crippen molar-refractivity contribution in [2.45, 2.75) is 0 Å². The summed E-state index contributed by atoms with van der Waals surface area (Å²) in [6.45, 7) is 0. The standard InChI is InChI=1S/C12H11O5P/c13-18(16-14-11-7-3-1-4-8-11)17-15-12-9-5-2-6-10-12/h1-10,13H. The van der Waals surface area contributed by atoms with Crippen molar-refractivity contribution in [2.24, 2.45) is 0 Å². The fourth-order valence-corrected chi connectivity index (χ4v) is 1.44. The number of benzene rings is 2. The van der Waals surface area contributed by atoms with Gasteiger partial charge in [0.15, 0.2) is 11.5 Å². The lowest BCUT2D eigenvalue weighted by molar-refractivity contribution is -0.171. The van der Waals surface area contributed by atoms with Crippen molar-refractivity contribution in [1.82, 2.24) is 0 Å². The SMILES string of the molecule is OP(OOc1ccccc1)OOc1ccccc1. The lowest BCUT2D eigenvalue weighted by Crippen LogP contribution is -1.98. The van der Waals surface area contributed by atoms with Crippen LogP contribution in [0.15, 0.2) is 60.7 Å². The summed E-state index contributed by atoms with van der Waals surface area (Å²) in [5.74, 6) is 0.921. The molecule has 0 fully saturated rings. The molecule has 0 radical (unpaired) electrons. The van der Waals surface area contributed by atoms with Crippen LogP contribution in [0.1, 0.15) is 0 Å². The molecule has 0 bridgehead atoms. The lowest BCUT2D eigenvalue weighted by atomic mass is 10.3. The molecule has 0 saturated heterocycles. The fraction of sp³-hybridized carbons (Fsp3) is 0. The second-order valence-corrected chi connectivity index (χ2v) is 3.95. The van der Waals surface area contributed by atoms with Gasteiger partial charge in [0.2, 0.25) is 0 Å². The summed E-state index contributed by atoms with van der Waals surface area (Å²) in [5, 5.41) is 0. The van der Waals surface area contributed by atoms with Gasteiger partial charge in [-0.1, -0.05) is 36.4 Å². The number of hydrogen-bond donors (Lipinski definition) is 1. The van der Waals surface area contributed by atoms with Crippen LogP contribution in [0.2, 0.25) is 0 Å². The van der Waals surface area contributed by atoms with Gasteiger partial charge < -0.3 is 14.7 Å². The average Bonchev–Trinajstić information content (AvgIpc) is 2.45. The maximum absolute atomic E-state index is 9.34. The van der Waals surface area contributed by atoms with Crippen molar-refractivity contribution in [3.8, 4) is 11.5 Å². The van der Waals surface area contributed by atoms with E-state index in [0.717, 1.165) is 0 Å². The first kappa shape index (κ1) is 12.8. The number of rotatable bonds is 6. The second kappa shape index (κ2) is 6.93. The van der Waals surface area contributed by atoms with E-state index in [2.05, 4.69) is 9.35 Å². The Bertz CT molecular complexity index is 407. The quantitative estimate of drug-likeness (QED) is 0.494. The van der Waals surface area contributed by atoms with Gasteiger partial charge in [-0.15, -0.1) is 9.35 Å². The summed E-state index contributed by atoms with van der Waals surface area (Å²) < 4.78 is 9.25. The summed E-state index contributed by atoms with van der Waals surface area (Å²) in [7, 11) is -2.27. The summed E-state index contributed by atoms with van der Waals surface area (Å²) in [4.78, 5) is 19.0. The largest absolute Gasteiger partial charge is 0.414 e. The van der Waals surface area contributed by atoms with E-state index < -0.39 is 8.60 Å². The number of para-hydroxylation sites is 2. The number of hydrogen-bond acceptors (Lipinski definition) is 5. The first-order valence-electron chi connectivity index (χ1n) is 5.13. The third kappa shape index (κ3) is 4.31. The highest BCUT2D eigenvalue weighted by Crippen LogP contribution is 2.34. The summed E-state index contributed by atoms with van der Waals surface area (Å²) in [6, 6.07) is 17.5. The molecule has 94 valence electrons. The predicted octanol–water partition coefficient (Wildman–Crippen LogP) is 3.23. The van der Waals surface area contributed by atoms with E-state index in [-0.39, 0.29) is 0 Å². The van der Waals surface area contributed by atoms with Crippen LogP contribution in [0.3, 0.4) is 0 Å². The third-order valence-corrected chi connectivity index (χ3v) is 2.29. The van der Waals surface area contributed by atoms with Crippen LogP contribution in [0.4, 0.5) is 0 Å². The minimum atomic E-state index is -2.27. The molecule has 0 heterocycles. The monoisotopic (exact) mass is 266 g/mol. The van der Waals surface area contributed by atoms with Crippen LogP contribution in [0.25, 0.3) is 0 Å². The molecule has 0 amide bonds.